The third-order valence-corrected chi connectivity index (χ3v) is 16.8. The van der Waals surface area contributed by atoms with Gasteiger partial charge >= 0.3 is 0 Å². The SMILES string of the molecule is CC(C)(C)c1ccc(N(c2ccc(C(C)(C)C)cc2)c2cc(N3c4ccc(C(C)(C)C)cc4B4c5cc(C(C)(C)C)ccc5N(c5ccc(C(C)(C)C)cc5)c5cccc3c54)cc3c2-c2ccccc2C3(C)C)cc1. The molecular weight excluding hydrogens is 906 g/mol. The summed E-state index contributed by atoms with van der Waals surface area (Å²) in [6.45, 7) is 39.7. The molecule has 1 aliphatic carbocycles. The predicted molar refractivity (Wildman–Crippen MR) is 326 cm³/mol. The highest BCUT2D eigenvalue weighted by Crippen LogP contribution is 2.57. The quantitative estimate of drug-likeness (QED) is 0.159. The number of fused-ring (bicyclic) bond motifs is 7. The molecule has 2 aliphatic heterocycles. The lowest BCUT2D eigenvalue weighted by Crippen LogP contribution is -2.61. The fraction of sp³-hybridized carbons (Fsp3) is 0.324. The Balaban J connectivity index is 1.23. The zero-order chi connectivity index (χ0) is 53.5. The smallest absolute Gasteiger partial charge is 0.252 e. The van der Waals surface area contributed by atoms with Crippen LogP contribution in [0.2, 0.25) is 0 Å². The fourth-order valence-corrected chi connectivity index (χ4v) is 12.3. The molecule has 0 unspecified atom stereocenters. The van der Waals surface area contributed by atoms with Crippen molar-refractivity contribution in [3.63, 3.8) is 0 Å². The Bertz CT molecular complexity index is 3470. The van der Waals surface area contributed by atoms with Crippen LogP contribution in [0.3, 0.4) is 0 Å². The first-order valence-electron chi connectivity index (χ1n) is 27.5. The van der Waals surface area contributed by atoms with Crippen molar-refractivity contribution in [1.82, 2.24) is 0 Å². The molecule has 0 bridgehead atoms. The van der Waals surface area contributed by atoms with Gasteiger partial charge in [0.05, 0.1) is 5.69 Å². The molecule has 380 valence electrons. The highest BCUT2D eigenvalue weighted by atomic mass is 15.2. The third kappa shape index (κ3) is 8.43. The highest BCUT2D eigenvalue weighted by Gasteiger charge is 2.46. The van der Waals surface area contributed by atoms with Gasteiger partial charge in [0.25, 0.3) is 6.71 Å². The minimum atomic E-state index is -0.278. The average molecular weight is 984 g/mol. The van der Waals surface area contributed by atoms with Crippen LogP contribution in [0.15, 0.2) is 164 Å². The number of anilines is 9. The van der Waals surface area contributed by atoms with E-state index in [-0.39, 0.29) is 39.2 Å². The third-order valence-electron chi connectivity index (χ3n) is 16.8. The molecule has 8 aromatic rings. The lowest BCUT2D eigenvalue weighted by atomic mass is 9.33. The van der Waals surface area contributed by atoms with E-state index in [1.807, 2.05) is 0 Å². The van der Waals surface area contributed by atoms with E-state index in [9.17, 15) is 0 Å². The van der Waals surface area contributed by atoms with Gasteiger partial charge in [0.1, 0.15) is 0 Å². The molecule has 0 radical (unpaired) electrons. The van der Waals surface area contributed by atoms with Gasteiger partial charge in [-0.2, -0.15) is 0 Å². The Morgan fingerprint density at radius 3 is 1.24 bits per heavy atom. The van der Waals surface area contributed by atoms with Crippen LogP contribution in [0.4, 0.5) is 51.2 Å². The Hall–Kier alpha value is -6.78. The molecule has 0 saturated carbocycles. The van der Waals surface area contributed by atoms with Crippen LogP contribution in [0.1, 0.15) is 157 Å². The lowest BCUT2D eigenvalue weighted by molar-refractivity contribution is 0.590. The number of hydrogen-bond acceptors (Lipinski definition) is 3. The molecule has 11 rings (SSSR count). The number of nitrogens with zero attached hydrogens (tertiary/aromatic N) is 3. The van der Waals surface area contributed by atoms with Gasteiger partial charge in [-0.05, 0) is 161 Å². The second-order valence-corrected chi connectivity index (χ2v) is 27.6. The largest absolute Gasteiger partial charge is 0.311 e. The van der Waals surface area contributed by atoms with Gasteiger partial charge in [-0.3, -0.25) is 0 Å². The van der Waals surface area contributed by atoms with E-state index in [0.717, 1.165) is 17.1 Å². The standard InChI is InChI=1S/C71H78BN3/c1-66(2,3)45-25-33-50(34-26-45)73(51-35-27-46(28-36-51)67(4,5)6)63-44-53(43-56-64(63)54-21-18-19-22-55(54)71(56,16)17)75-60-40-32-49(70(13,14)15)42-58(60)72-57-41-48(69(10,11)12)31-39-59(57)74(61-23-20-24-62(75)65(61)72)52-37-29-47(30-38-52)68(7,8)9/h18-44H,1-17H3. The van der Waals surface area contributed by atoms with E-state index in [2.05, 4.69) is 296 Å². The van der Waals surface area contributed by atoms with Crippen LogP contribution < -0.4 is 31.1 Å². The molecule has 0 fully saturated rings. The van der Waals surface area contributed by atoms with Crippen molar-refractivity contribution in [1.29, 1.82) is 0 Å². The summed E-state index contributed by atoms with van der Waals surface area (Å²) in [6, 6.07) is 64.1. The zero-order valence-electron chi connectivity index (χ0n) is 48.0. The molecule has 4 heteroatoms. The van der Waals surface area contributed by atoms with E-state index in [1.54, 1.807) is 0 Å². The molecule has 75 heavy (non-hydrogen) atoms. The van der Waals surface area contributed by atoms with Gasteiger partial charge < -0.3 is 14.7 Å². The van der Waals surface area contributed by atoms with Crippen LogP contribution in [0, 0.1) is 0 Å². The molecule has 0 atom stereocenters. The van der Waals surface area contributed by atoms with E-state index in [1.165, 1.54) is 101 Å². The van der Waals surface area contributed by atoms with Crippen molar-refractivity contribution < 1.29 is 0 Å². The first kappa shape index (κ1) is 50.4. The first-order valence-corrected chi connectivity index (χ1v) is 27.5. The second-order valence-electron chi connectivity index (χ2n) is 27.6. The summed E-state index contributed by atoms with van der Waals surface area (Å²) >= 11 is 0. The second kappa shape index (κ2) is 17.1. The van der Waals surface area contributed by atoms with Gasteiger partial charge in [-0.25, -0.2) is 0 Å². The van der Waals surface area contributed by atoms with E-state index < -0.39 is 0 Å². The fourth-order valence-electron chi connectivity index (χ4n) is 12.3. The maximum absolute atomic E-state index is 2.63. The number of benzene rings is 8. The van der Waals surface area contributed by atoms with Crippen LogP contribution in [0.25, 0.3) is 11.1 Å². The molecule has 0 saturated heterocycles. The van der Waals surface area contributed by atoms with Gasteiger partial charge in [0, 0.05) is 56.5 Å². The maximum Gasteiger partial charge on any atom is 0.252 e. The summed E-state index contributed by atoms with van der Waals surface area (Å²) in [4.78, 5) is 7.73. The van der Waals surface area contributed by atoms with Crippen molar-refractivity contribution in [3.8, 4) is 11.1 Å². The Morgan fingerprint density at radius 1 is 0.373 bits per heavy atom. The molecular formula is C71H78BN3. The Kier molecular flexibility index (Phi) is 11.5. The summed E-state index contributed by atoms with van der Waals surface area (Å²) < 4.78 is 0. The van der Waals surface area contributed by atoms with E-state index in [4.69, 9.17) is 0 Å². The minimum Gasteiger partial charge on any atom is -0.311 e. The molecule has 0 N–H and O–H groups in total. The molecule has 3 aliphatic rings. The number of hydrogen-bond donors (Lipinski definition) is 0. The van der Waals surface area contributed by atoms with Crippen LogP contribution in [-0.4, -0.2) is 6.71 Å². The average Bonchev–Trinajstić information content (AvgIpc) is 3.58. The summed E-state index contributed by atoms with van der Waals surface area (Å²) in [7, 11) is 0. The number of rotatable bonds is 5. The summed E-state index contributed by atoms with van der Waals surface area (Å²) in [6.07, 6.45) is 0. The van der Waals surface area contributed by atoms with Gasteiger partial charge in [-0.1, -0.05) is 209 Å². The van der Waals surface area contributed by atoms with Crippen molar-refractivity contribution in [2.45, 2.75) is 150 Å². The molecule has 3 nitrogen and oxygen atoms in total. The first-order chi connectivity index (χ1) is 35.1. The molecule has 0 spiro atoms. The summed E-state index contributed by atoms with van der Waals surface area (Å²) in [5, 5.41) is 0. The van der Waals surface area contributed by atoms with Crippen LogP contribution >= 0.6 is 0 Å². The Labute approximate surface area is 450 Å². The van der Waals surface area contributed by atoms with Crippen molar-refractivity contribution >= 4 is 74.3 Å². The van der Waals surface area contributed by atoms with Gasteiger partial charge in [0.2, 0.25) is 0 Å². The summed E-state index contributed by atoms with van der Waals surface area (Å²) in [5.74, 6) is 0. The molecule has 0 aromatic heterocycles. The van der Waals surface area contributed by atoms with Crippen LogP contribution in [-0.2, 0) is 32.5 Å². The van der Waals surface area contributed by atoms with E-state index >= 15 is 0 Å². The molecule has 0 amide bonds. The summed E-state index contributed by atoms with van der Waals surface area (Å²) in [5.41, 5.74) is 26.3. The van der Waals surface area contributed by atoms with Crippen molar-refractivity contribution in [2.24, 2.45) is 0 Å². The van der Waals surface area contributed by atoms with Crippen molar-refractivity contribution in [2.75, 3.05) is 14.7 Å². The van der Waals surface area contributed by atoms with Crippen LogP contribution in [0.5, 0.6) is 0 Å². The Morgan fingerprint density at radius 2 is 0.787 bits per heavy atom. The van der Waals surface area contributed by atoms with E-state index in [0.29, 0.717) is 0 Å². The van der Waals surface area contributed by atoms with Gasteiger partial charge in [0.15, 0.2) is 0 Å². The molecule has 8 aromatic carbocycles. The maximum atomic E-state index is 2.63. The predicted octanol–water partition coefficient (Wildman–Crippen LogP) is 18.0. The highest BCUT2D eigenvalue weighted by molar-refractivity contribution is 7.00. The normalized spacial score (nSPS) is 14.8. The minimum absolute atomic E-state index is 0.000835. The molecule has 2 heterocycles. The zero-order valence-corrected chi connectivity index (χ0v) is 48.0. The van der Waals surface area contributed by atoms with Gasteiger partial charge in [-0.15, -0.1) is 0 Å². The monoisotopic (exact) mass is 984 g/mol. The lowest BCUT2D eigenvalue weighted by Gasteiger charge is -2.45. The topological polar surface area (TPSA) is 9.72 Å². The van der Waals surface area contributed by atoms with Crippen molar-refractivity contribution in [3.05, 3.63) is 203 Å².